The summed E-state index contributed by atoms with van der Waals surface area (Å²) in [4.78, 5) is 12.8. The lowest BCUT2D eigenvalue weighted by molar-refractivity contribution is -0.302. The van der Waals surface area contributed by atoms with Crippen molar-refractivity contribution in [2.75, 3.05) is 13.2 Å². The highest BCUT2D eigenvalue weighted by Crippen LogP contribution is 2.23. The molecule has 9 nitrogen and oxygen atoms in total. The average Bonchev–Trinajstić information content (AvgIpc) is 3.30. The maximum atomic E-state index is 12.8. The molecule has 1 aliphatic heterocycles. The quantitative estimate of drug-likeness (QED) is 0.0261. The largest absolute Gasteiger partial charge is 0.394 e. The third-order valence-corrected chi connectivity index (χ3v) is 13.9. The van der Waals surface area contributed by atoms with Crippen LogP contribution in [0, 0.1) is 0 Å². The van der Waals surface area contributed by atoms with E-state index in [9.17, 15) is 30.3 Å². The van der Waals surface area contributed by atoms with Crippen LogP contribution in [-0.2, 0) is 14.3 Å². The second-order valence-corrected chi connectivity index (χ2v) is 20.1. The van der Waals surface area contributed by atoms with Gasteiger partial charge in [0.25, 0.3) is 0 Å². The molecule has 1 fully saturated rings. The van der Waals surface area contributed by atoms with Crippen molar-refractivity contribution < 1.29 is 39.8 Å². The number of carbonyl (C=O) groups is 1. The van der Waals surface area contributed by atoms with E-state index in [1.165, 1.54) is 218 Å². The molecular weight excluding hydrogens is 815 g/mol. The molecule has 0 spiro atoms. The van der Waals surface area contributed by atoms with Gasteiger partial charge >= 0.3 is 0 Å². The summed E-state index contributed by atoms with van der Waals surface area (Å²) in [5.41, 5.74) is 0. The minimum atomic E-state index is -1.55. The fraction of sp³-hybridized carbons (Fsp3) is 0.946. The highest BCUT2D eigenvalue weighted by Gasteiger charge is 2.44. The zero-order valence-electron chi connectivity index (χ0n) is 42.8. The molecule has 65 heavy (non-hydrogen) atoms. The number of rotatable bonds is 49. The van der Waals surface area contributed by atoms with Gasteiger partial charge in [-0.2, -0.15) is 0 Å². The summed E-state index contributed by atoms with van der Waals surface area (Å²) in [5.74, 6) is -0.151. The van der Waals surface area contributed by atoms with E-state index in [1.54, 1.807) is 0 Å². The summed E-state index contributed by atoms with van der Waals surface area (Å²) in [6.07, 6.45) is 51.1. The number of ether oxygens (including phenoxy) is 2. The maximum absolute atomic E-state index is 12.8. The molecule has 386 valence electrons. The van der Waals surface area contributed by atoms with Crippen LogP contribution in [-0.4, -0.2) is 87.5 Å². The molecule has 6 N–H and O–H groups in total. The van der Waals surface area contributed by atoms with Crippen LogP contribution in [0.15, 0.2) is 12.2 Å². The number of carbonyl (C=O) groups excluding carboxylic acids is 1. The molecule has 1 aliphatic rings. The summed E-state index contributed by atoms with van der Waals surface area (Å²) < 4.78 is 11.1. The fourth-order valence-corrected chi connectivity index (χ4v) is 9.34. The van der Waals surface area contributed by atoms with Crippen LogP contribution < -0.4 is 5.32 Å². The molecule has 1 saturated heterocycles. The third kappa shape index (κ3) is 36.6. The first-order valence-electron chi connectivity index (χ1n) is 28.4. The second-order valence-electron chi connectivity index (χ2n) is 20.1. The Labute approximate surface area is 401 Å². The van der Waals surface area contributed by atoms with Crippen molar-refractivity contribution >= 4 is 5.91 Å². The fourth-order valence-electron chi connectivity index (χ4n) is 9.34. The molecule has 7 atom stereocenters. The van der Waals surface area contributed by atoms with Crippen LogP contribution in [0.1, 0.15) is 284 Å². The Morgan fingerprint density at radius 1 is 0.508 bits per heavy atom. The lowest BCUT2D eigenvalue weighted by Crippen LogP contribution is -2.60. The van der Waals surface area contributed by atoms with Crippen LogP contribution in [0.25, 0.3) is 0 Å². The lowest BCUT2D eigenvalue weighted by atomic mass is 9.99. The number of unbranched alkanes of at least 4 members (excludes halogenated alkanes) is 37. The number of hydrogen-bond acceptors (Lipinski definition) is 8. The van der Waals surface area contributed by atoms with Gasteiger partial charge in [0.15, 0.2) is 6.29 Å². The van der Waals surface area contributed by atoms with E-state index in [2.05, 4.69) is 31.3 Å². The highest BCUT2D eigenvalue weighted by atomic mass is 16.7. The Hall–Kier alpha value is -1.07. The standard InChI is InChI=1S/C56H109NO8/c1-3-5-7-8-9-10-11-12-13-14-15-16-17-18-19-20-21-22-23-24-25-26-27-28-29-30-31-32-33-34-35-36-37-38-39-40-41-42-44-46-52(60)57-49(50(59)45-43-6-4-2)48-64-56-55(63)54(62)53(61)51(47-58)65-56/h14-15,49-51,53-56,58-59,61-63H,3-13,16-48H2,1-2H3,(H,57,60)/b15-14-. The topological polar surface area (TPSA) is 149 Å². The average molecular weight is 924 g/mol. The van der Waals surface area contributed by atoms with Crippen LogP contribution in [0.4, 0.5) is 0 Å². The van der Waals surface area contributed by atoms with Crippen LogP contribution >= 0.6 is 0 Å². The molecular formula is C56H109NO8. The molecule has 0 aromatic rings. The smallest absolute Gasteiger partial charge is 0.220 e. The maximum Gasteiger partial charge on any atom is 0.220 e. The number of aliphatic hydroxyl groups excluding tert-OH is 5. The zero-order valence-corrected chi connectivity index (χ0v) is 42.8. The van der Waals surface area contributed by atoms with Gasteiger partial charge in [0.1, 0.15) is 24.4 Å². The van der Waals surface area contributed by atoms with Gasteiger partial charge in [-0.3, -0.25) is 4.79 Å². The molecule has 0 aromatic heterocycles. The zero-order chi connectivity index (χ0) is 47.3. The normalized spacial score (nSPS) is 19.9. The van der Waals surface area contributed by atoms with Crippen LogP contribution in [0.5, 0.6) is 0 Å². The SMILES string of the molecule is CCCCCCCCCC/C=C\CCCCCCCCCCCCCCCCCCCCCCCCCCCCCC(=O)NC(COC1OC(CO)C(O)C(O)C1O)C(O)CCCCC. The van der Waals surface area contributed by atoms with Crippen molar-refractivity contribution in [3.8, 4) is 0 Å². The molecule has 0 radical (unpaired) electrons. The van der Waals surface area contributed by atoms with Gasteiger partial charge in [-0.15, -0.1) is 0 Å². The van der Waals surface area contributed by atoms with E-state index < -0.39 is 49.5 Å². The minimum absolute atomic E-state index is 0.138. The molecule has 0 aromatic carbocycles. The first kappa shape index (κ1) is 61.9. The Balaban J connectivity index is 1.87. The summed E-state index contributed by atoms with van der Waals surface area (Å²) in [7, 11) is 0. The molecule has 1 amide bonds. The Bertz CT molecular complexity index is 1030. The molecule has 0 saturated carbocycles. The van der Waals surface area contributed by atoms with Gasteiger partial charge in [0.2, 0.25) is 5.91 Å². The summed E-state index contributed by atoms with van der Waals surface area (Å²) in [6.45, 7) is 3.69. The second kappa shape index (κ2) is 46.6. The van der Waals surface area contributed by atoms with Crippen LogP contribution in [0.3, 0.4) is 0 Å². The van der Waals surface area contributed by atoms with Gasteiger partial charge < -0.3 is 40.3 Å². The number of allylic oxidation sites excluding steroid dienone is 2. The third-order valence-electron chi connectivity index (χ3n) is 13.9. The molecule has 9 heteroatoms. The predicted molar refractivity (Wildman–Crippen MR) is 272 cm³/mol. The van der Waals surface area contributed by atoms with Crippen molar-refractivity contribution in [2.24, 2.45) is 0 Å². The van der Waals surface area contributed by atoms with E-state index in [-0.39, 0.29) is 12.5 Å². The minimum Gasteiger partial charge on any atom is -0.394 e. The van der Waals surface area contributed by atoms with E-state index in [1.807, 2.05) is 0 Å². The molecule has 0 aliphatic carbocycles. The van der Waals surface area contributed by atoms with Gasteiger partial charge in [0.05, 0.1) is 25.4 Å². The first-order chi connectivity index (χ1) is 31.8. The highest BCUT2D eigenvalue weighted by molar-refractivity contribution is 5.76. The van der Waals surface area contributed by atoms with Gasteiger partial charge in [-0.05, 0) is 38.5 Å². The monoisotopic (exact) mass is 924 g/mol. The Kier molecular flexibility index (Phi) is 44.5. The van der Waals surface area contributed by atoms with Gasteiger partial charge in [0, 0.05) is 6.42 Å². The number of aliphatic hydroxyl groups is 5. The molecule has 1 rings (SSSR count). The van der Waals surface area contributed by atoms with Crippen molar-refractivity contribution in [3.05, 3.63) is 12.2 Å². The van der Waals surface area contributed by atoms with Crippen molar-refractivity contribution in [1.82, 2.24) is 5.32 Å². The number of amides is 1. The van der Waals surface area contributed by atoms with E-state index in [0.29, 0.717) is 12.8 Å². The van der Waals surface area contributed by atoms with E-state index in [4.69, 9.17) is 9.47 Å². The molecule has 7 unspecified atom stereocenters. The Morgan fingerprint density at radius 2 is 0.862 bits per heavy atom. The van der Waals surface area contributed by atoms with Crippen LogP contribution in [0.2, 0.25) is 0 Å². The van der Waals surface area contributed by atoms with Crippen molar-refractivity contribution in [1.29, 1.82) is 0 Å². The predicted octanol–water partition coefficient (Wildman–Crippen LogP) is 13.6. The van der Waals surface area contributed by atoms with E-state index >= 15 is 0 Å². The first-order valence-corrected chi connectivity index (χ1v) is 28.4. The van der Waals surface area contributed by atoms with Crippen molar-refractivity contribution in [2.45, 2.75) is 326 Å². The summed E-state index contributed by atoms with van der Waals surface area (Å²) >= 11 is 0. The molecule has 1 heterocycles. The van der Waals surface area contributed by atoms with E-state index in [0.717, 1.165) is 38.5 Å². The van der Waals surface area contributed by atoms with Gasteiger partial charge in [-0.1, -0.05) is 251 Å². The van der Waals surface area contributed by atoms with Crippen molar-refractivity contribution in [3.63, 3.8) is 0 Å². The van der Waals surface area contributed by atoms with Gasteiger partial charge in [-0.25, -0.2) is 0 Å². The summed E-state index contributed by atoms with van der Waals surface area (Å²) in [5, 5.41) is 53.7. The Morgan fingerprint density at radius 3 is 1.25 bits per heavy atom. The lowest BCUT2D eigenvalue weighted by Gasteiger charge is -2.40. The number of nitrogens with one attached hydrogen (secondary N) is 1. The number of hydrogen-bond donors (Lipinski definition) is 6. The summed E-state index contributed by atoms with van der Waals surface area (Å²) in [6, 6.07) is -0.710. The molecule has 0 bridgehead atoms.